The molecular weight excluding hydrogens is 412 g/mol. The molecule has 6 heteroatoms. The van der Waals surface area contributed by atoms with E-state index < -0.39 is 0 Å². The SMILES string of the molecule is CC(C)COc1ccc(C2=C(N3CCCCC3)C(=O)N(c3cccc(Cl)c3)C2=O)cc1. The number of carbonyl (C=O) groups excluding carboxylic acids is 2. The molecule has 0 aromatic heterocycles. The van der Waals surface area contributed by atoms with Crippen molar-refractivity contribution in [2.24, 2.45) is 5.92 Å². The fourth-order valence-electron chi connectivity index (χ4n) is 4.02. The van der Waals surface area contributed by atoms with Crippen molar-refractivity contribution in [3.8, 4) is 5.75 Å². The van der Waals surface area contributed by atoms with E-state index in [0.29, 0.717) is 34.5 Å². The molecule has 5 nitrogen and oxygen atoms in total. The Labute approximate surface area is 188 Å². The third-order valence-corrected chi connectivity index (χ3v) is 5.76. The highest BCUT2D eigenvalue weighted by atomic mass is 35.5. The summed E-state index contributed by atoms with van der Waals surface area (Å²) >= 11 is 6.14. The molecule has 0 N–H and O–H groups in total. The Morgan fingerprint density at radius 1 is 0.968 bits per heavy atom. The minimum atomic E-state index is -0.316. The van der Waals surface area contributed by atoms with E-state index in [-0.39, 0.29) is 11.8 Å². The van der Waals surface area contributed by atoms with E-state index in [1.54, 1.807) is 24.3 Å². The van der Waals surface area contributed by atoms with Gasteiger partial charge in [-0.3, -0.25) is 9.59 Å². The molecule has 162 valence electrons. The van der Waals surface area contributed by atoms with Crippen molar-refractivity contribution in [3.63, 3.8) is 0 Å². The van der Waals surface area contributed by atoms with Gasteiger partial charge in [-0.25, -0.2) is 4.90 Å². The van der Waals surface area contributed by atoms with Crippen LogP contribution in [0.25, 0.3) is 5.57 Å². The van der Waals surface area contributed by atoms with Crippen molar-refractivity contribution in [2.45, 2.75) is 33.1 Å². The molecule has 0 atom stereocenters. The zero-order valence-corrected chi connectivity index (χ0v) is 18.7. The normalized spacial score (nSPS) is 17.2. The van der Waals surface area contributed by atoms with Crippen molar-refractivity contribution in [1.82, 2.24) is 4.90 Å². The van der Waals surface area contributed by atoms with Gasteiger partial charge in [-0.15, -0.1) is 0 Å². The second-order valence-corrected chi connectivity index (χ2v) is 8.86. The summed E-state index contributed by atoms with van der Waals surface area (Å²) in [4.78, 5) is 30.3. The lowest BCUT2D eigenvalue weighted by atomic mass is 10.0. The van der Waals surface area contributed by atoms with Crippen LogP contribution in [0.5, 0.6) is 5.75 Å². The molecule has 1 saturated heterocycles. The molecule has 4 rings (SSSR count). The molecule has 0 spiro atoms. The molecule has 2 heterocycles. The van der Waals surface area contributed by atoms with E-state index >= 15 is 0 Å². The zero-order chi connectivity index (χ0) is 22.0. The van der Waals surface area contributed by atoms with Gasteiger partial charge in [0, 0.05) is 18.1 Å². The molecule has 2 amide bonds. The van der Waals surface area contributed by atoms with E-state index in [9.17, 15) is 9.59 Å². The third-order valence-electron chi connectivity index (χ3n) is 5.52. The molecule has 0 aliphatic carbocycles. The Morgan fingerprint density at radius 2 is 1.68 bits per heavy atom. The number of ether oxygens (including phenoxy) is 1. The summed E-state index contributed by atoms with van der Waals surface area (Å²) in [6.07, 6.45) is 3.16. The smallest absolute Gasteiger partial charge is 0.282 e. The summed E-state index contributed by atoms with van der Waals surface area (Å²) in [7, 11) is 0. The molecule has 1 fully saturated rings. The highest BCUT2D eigenvalue weighted by Crippen LogP contribution is 2.36. The largest absolute Gasteiger partial charge is 0.493 e. The van der Waals surface area contributed by atoms with Gasteiger partial charge in [-0.05, 0) is 61.1 Å². The fourth-order valence-corrected chi connectivity index (χ4v) is 4.20. The number of piperidine rings is 1. The van der Waals surface area contributed by atoms with Crippen LogP contribution < -0.4 is 9.64 Å². The lowest BCUT2D eigenvalue weighted by molar-refractivity contribution is -0.120. The Morgan fingerprint density at radius 3 is 2.32 bits per heavy atom. The highest BCUT2D eigenvalue weighted by molar-refractivity contribution is 6.45. The second-order valence-electron chi connectivity index (χ2n) is 8.43. The summed E-state index contributed by atoms with van der Waals surface area (Å²) in [6, 6.07) is 14.3. The number of amides is 2. The average molecular weight is 439 g/mol. The first-order valence-electron chi connectivity index (χ1n) is 10.8. The van der Waals surface area contributed by atoms with Crippen LogP contribution in [0.2, 0.25) is 5.02 Å². The number of likely N-dealkylation sites (tertiary alicyclic amines) is 1. The van der Waals surface area contributed by atoms with Crippen LogP contribution in [-0.2, 0) is 9.59 Å². The lowest BCUT2D eigenvalue weighted by Crippen LogP contribution is -2.37. The third kappa shape index (κ3) is 4.47. The average Bonchev–Trinajstić information content (AvgIpc) is 3.03. The van der Waals surface area contributed by atoms with Crippen molar-refractivity contribution in [3.05, 3.63) is 64.8 Å². The van der Waals surface area contributed by atoms with Crippen LogP contribution in [0, 0.1) is 5.92 Å². The molecule has 0 radical (unpaired) electrons. The first-order chi connectivity index (χ1) is 15.0. The molecule has 2 aliphatic rings. The second kappa shape index (κ2) is 9.15. The Balaban J connectivity index is 1.72. The molecule has 31 heavy (non-hydrogen) atoms. The topological polar surface area (TPSA) is 49.9 Å². The molecular formula is C25H27ClN2O3. The lowest BCUT2D eigenvalue weighted by Gasteiger charge is -2.29. The number of anilines is 1. The van der Waals surface area contributed by atoms with E-state index in [2.05, 4.69) is 18.7 Å². The predicted octanol–water partition coefficient (Wildman–Crippen LogP) is 5.15. The van der Waals surface area contributed by atoms with E-state index in [1.165, 1.54) is 4.90 Å². The molecule has 0 unspecified atom stereocenters. The van der Waals surface area contributed by atoms with Crippen LogP contribution >= 0.6 is 11.6 Å². The Bertz CT molecular complexity index is 1010. The number of rotatable bonds is 6. The fraction of sp³-hybridized carbons (Fsp3) is 0.360. The van der Waals surface area contributed by atoms with Gasteiger partial charge in [-0.1, -0.05) is 43.6 Å². The minimum Gasteiger partial charge on any atom is -0.493 e. The number of imide groups is 1. The van der Waals surface area contributed by atoms with Gasteiger partial charge in [0.1, 0.15) is 11.4 Å². The van der Waals surface area contributed by atoms with Gasteiger partial charge in [0.15, 0.2) is 0 Å². The quantitative estimate of drug-likeness (QED) is 0.585. The van der Waals surface area contributed by atoms with Crippen molar-refractivity contribution in [1.29, 1.82) is 0 Å². The number of carbonyl (C=O) groups is 2. The predicted molar refractivity (Wildman–Crippen MR) is 123 cm³/mol. The standard InChI is InChI=1S/C25H27ClN2O3/c1-17(2)16-31-21-11-9-18(10-12-21)22-23(27-13-4-3-5-14-27)25(30)28(24(22)29)20-8-6-7-19(26)15-20/h6-12,15,17H,3-5,13-14,16H2,1-2H3. The number of hydrogen-bond donors (Lipinski definition) is 0. The molecule has 2 aromatic carbocycles. The van der Waals surface area contributed by atoms with Gasteiger partial charge < -0.3 is 9.64 Å². The molecule has 2 aromatic rings. The number of hydrogen-bond acceptors (Lipinski definition) is 4. The van der Waals surface area contributed by atoms with Gasteiger partial charge in [0.25, 0.3) is 11.8 Å². The van der Waals surface area contributed by atoms with Crippen molar-refractivity contribution < 1.29 is 14.3 Å². The summed E-state index contributed by atoms with van der Waals surface area (Å²) in [5, 5.41) is 0.484. The Hall–Kier alpha value is -2.79. The first-order valence-corrected chi connectivity index (χ1v) is 11.2. The zero-order valence-electron chi connectivity index (χ0n) is 17.9. The minimum absolute atomic E-state index is 0.288. The maximum atomic E-state index is 13.5. The molecule has 0 bridgehead atoms. The van der Waals surface area contributed by atoms with E-state index in [1.807, 2.05) is 24.3 Å². The summed E-state index contributed by atoms with van der Waals surface area (Å²) < 4.78 is 5.78. The highest BCUT2D eigenvalue weighted by Gasteiger charge is 2.42. The van der Waals surface area contributed by atoms with Crippen molar-refractivity contribution >= 4 is 34.7 Å². The van der Waals surface area contributed by atoms with Crippen LogP contribution in [0.15, 0.2) is 54.2 Å². The number of benzene rings is 2. The summed E-state index contributed by atoms with van der Waals surface area (Å²) in [5.74, 6) is 0.572. The Kier molecular flexibility index (Phi) is 6.33. The van der Waals surface area contributed by atoms with Crippen molar-refractivity contribution in [2.75, 3.05) is 24.6 Å². The van der Waals surface area contributed by atoms with Crippen LogP contribution in [0.3, 0.4) is 0 Å². The van der Waals surface area contributed by atoms with Crippen LogP contribution in [0.4, 0.5) is 5.69 Å². The first kappa shape index (κ1) is 21.4. The number of nitrogens with zero attached hydrogens (tertiary/aromatic N) is 2. The molecule has 2 aliphatic heterocycles. The maximum Gasteiger partial charge on any atom is 0.282 e. The maximum absolute atomic E-state index is 13.5. The van der Waals surface area contributed by atoms with E-state index in [4.69, 9.17) is 16.3 Å². The van der Waals surface area contributed by atoms with Gasteiger partial charge in [-0.2, -0.15) is 0 Å². The summed E-state index contributed by atoms with van der Waals surface area (Å²) in [5.41, 5.74) is 2.15. The summed E-state index contributed by atoms with van der Waals surface area (Å²) in [6.45, 7) is 6.36. The van der Waals surface area contributed by atoms with Gasteiger partial charge >= 0.3 is 0 Å². The van der Waals surface area contributed by atoms with Crippen LogP contribution in [-0.4, -0.2) is 36.4 Å². The number of halogens is 1. The monoisotopic (exact) mass is 438 g/mol. The van der Waals surface area contributed by atoms with E-state index in [0.717, 1.165) is 43.7 Å². The molecule has 0 saturated carbocycles. The van der Waals surface area contributed by atoms with Gasteiger partial charge in [0.2, 0.25) is 0 Å². The van der Waals surface area contributed by atoms with Gasteiger partial charge in [0.05, 0.1) is 17.9 Å². The van der Waals surface area contributed by atoms with Crippen LogP contribution in [0.1, 0.15) is 38.7 Å².